The highest BCUT2D eigenvalue weighted by Gasteiger charge is 2.06. The molecule has 0 heterocycles. The summed E-state index contributed by atoms with van der Waals surface area (Å²) in [7, 11) is 0. The Kier molecular flexibility index (Phi) is 4.63. The van der Waals surface area contributed by atoms with Crippen LogP contribution in [0.2, 0.25) is 0 Å². The molecule has 0 saturated heterocycles. The van der Waals surface area contributed by atoms with Crippen LogP contribution in [-0.4, -0.2) is 10.1 Å². The Labute approximate surface area is 127 Å². The summed E-state index contributed by atoms with van der Waals surface area (Å²) in [4.78, 5) is 10.3. The van der Waals surface area contributed by atoms with Gasteiger partial charge in [-0.05, 0) is 54.3 Å². The van der Waals surface area contributed by atoms with Gasteiger partial charge in [0.1, 0.15) is 0 Å². The highest BCUT2D eigenvalue weighted by molar-refractivity contribution is 5.73. The fraction of sp³-hybridized carbons (Fsp3) is 0.125. The van der Waals surface area contributed by atoms with Gasteiger partial charge in [0.25, 0.3) is 5.69 Å². The van der Waals surface area contributed by atoms with Crippen LogP contribution in [0.4, 0.5) is 11.4 Å². The molecule has 0 saturated carbocycles. The first-order valence-corrected chi connectivity index (χ1v) is 6.60. The van der Waals surface area contributed by atoms with Gasteiger partial charge in [-0.15, -0.1) is 5.11 Å². The van der Waals surface area contributed by atoms with Crippen LogP contribution in [0.1, 0.15) is 22.3 Å². The number of nitro benzene ring substituents is 1. The van der Waals surface area contributed by atoms with Crippen molar-refractivity contribution in [1.29, 1.82) is 0 Å². The van der Waals surface area contributed by atoms with E-state index < -0.39 is 4.92 Å². The second-order valence-electron chi connectivity index (χ2n) is 4.86. The first-order chi connectivity index (χ1) is 10.5. The van der Waals surface area contributed by atoms with Crippen molar-refractivity contribution in [3.8, 4) is 0 Å². The Balaban J connectivity index is 2.27. The van der Waals surface area contributed by atoms with Gasteiger partial charge in [-0.1, -0.05) is 18.2 Å². The van der Waals surface area contributed by atoms with E-state index in [0.717, 1.165) is 22.3 Å². The Hall–Kier alpha value is -3.02. The summed E-state index contributed by atoms with van der Waals surface area (Å²) in [6, 6.07) is 10.2. The lowest BCUT2D eigenvalue weighted by molar-refractivity contribution is -0.384. The van der Waals surface area contributed by atoms with Crippen LogP contribution in [-0.2, 0) is 0 Å². The molecule has 1 N–H and O–H groups in total. The number of rotatable bonds is 4. The van der Waals surface area contributed by atoms with Crippen LogP contribution in [0.5, 0.6) is 0 Å². The quantitative estimate of drug-likeness (QED) is 0.378. The second-order valence-corrected chi connectivity index (χ2v) is 4.86. The van der Waals surface area contributed by atoms with E-state index >= 15 is 0 Å². The van der Waals surface area contributed by atoms with E-state index in [9.17, 15) is 10.1 Å². The zero-order valence-corrected chi connectivity index (χ0v) is 12.2. The van der Waals surface area contributed by atoms with Crippen molar-refractivity contribution in [1.82, 2.24) is 0 Å². The van der Waals surface area contributed by atoms with Crippen molar-refractivity contribution in [2.75, 3.05) is 0 Å². The third kappa shape index (κ3) is 3.54. The van der Waals surface area contributed by atoms with Crippen molar-refractivity contribution >= 4 is 23.5 Å². The highest BCUT2D eigenvalue weighted by atomic mass is 16.6. The molecule has 0 aromatic heterocycles. The van der Waals surface area contributed by atoms with Crippen LogP contribution in [0.25, 0.3) is 12.2 Å². The molecule has 22 heavy (non-hydrogen) atoms. The van der Waals surface area contributed by atoms with E-state index in [1.54, 1.807) is 18.2 Å². The summed E-state index contributed by atoms with van der Waals surface area (Å²) < 4.78 is 0. The van der Waals surface area contributed by atoms with Gasteiger partial charge in [0, 0.05) is 17.4 Å². The van der Waals surface area contributed by atoms with E-state index in [4.69, 9.17) is 5.21 Å². The minimum Gasteiger partial charge on any atom is -0.394 e. The van der Waals surface area contributed by atoms with Gasteiger partial charge in [0.05, 0.1) is 10.6 Å². The van der Waals surface area contributed by atoms with Crippen molar-refractivity contribution in [2.24, 2.45) is 10.4 Å². The van der Waals surface area contributed by atoms with Crippen molar-refractivity contribution < 1.29 is 10.1 Å². The van der Waals surface area contributed by atoms with Crippen LogP contribution in [0.15, 0.2) is 46.8 Å². The summed E-state index contributed by atoms with van der Waals surface area (Å²) in [6.45, 7) is 3.77. The smallest absolute Gasteiger partial charge is 0.269 e. The summed E-state index contributed by atoms with van der Waals surface area (Å²) in [5.41, 5.74) is 4.40. The number of nitrogens with zero attached hydrogens (tertiary/aromatic N) is 3. The average Bonchev–Trinajstić information content (AvgIpc) is 2.47. The van der Waals surface area contributed by atoms with Crippen molar-refractivity contribution in [3.05, 3.63) is 68.8 Å². The first kappa shape index (κ1) is 15.4. The molecule has 0 atom stereocenters. The molecule has 0 radical (unpaired) electrons. The molecule has 2 aromatic rings. The zero-order chi connectivity index (χ0) is 16.1. The number of nitro groups is 1. The van der Waals surface area contributed by atoms with Crippen LogP contribution in [0.3, 0.4) is 0 Å². The number of benzene rings is 2. The first-order valence-electron chi connectivity index (χ1n) is 6.60. The van der Waals surface area contributed by atoms with Gasteiger partial charge in [-0.25, -0.2) is 0 Å². The molecule has 0 aliphatic rings. The van der Waals surface area contributed by atoms with E-state index in [1.807, 2.05) is 38.1 Å². The van der Waals surface area contributed by atoms with Gasteiger partial charge in [-0.2, -0.15) is 0 Å². The standard InChI is InChI=1S/C16H15N3O3/c1-11-9-15(17-18-20)7-5-13(11)3-4-14-6-8-16(19(21)22)10-12(14)2/h3-10H,1-2H3,(H,17,20). The van der Waals surface area contributed by atoms with Crippen LogP contribution >= 0.6 is 0 Å². The summed E-state index contributed by atoms with van der Waals surface area (Å²) in [5, 5.41) is 25.5. The van der Waals surface area contributed by atoms with Crippen molar-refractivity contribution in [3.63, 3.8) is 0 Å². The summed E-state index contributed by atoms with van der Waals surface area (Å²) in [6.07, 6.45) is 3.85. The third-order valence-electron chi connectivity index (χ3n) is 3.32. The van der Waals surface area contributed by atoms with E-state index in [0.29, 0.717) is 5.69 Å². The molecule has 2 rings (SSSR count). The SMILES string of the molecule is Cc1cc(/N=N/O)ccc1C=Cc1ccc([N+](=O)[O-])cc1C. The van der Waals surface area contributed by atoms with Gasteiger partial charge in [0.2, 0.25) is 0 Å². The Bertz CT molecular complexity index is 767. The molecule has 0 fully saturated rings. The third-order valence-corrected chi connectivity index (χ3v) is 3.32. The molecule has 0 bridgehead atoms. The minimum absolute atomic E-state index is 0.0875. The molecule has 2 aromatic carbocycles. The molecule has 112 valence electrons. The molecule has 0 aliphatic carbocycles. The zero-order valence-electron chi connectivity index (χ0n) is 12.2. The maximum atomic E-state index is 10.7. The molecular formula is C16H15N3O3. The molecule has 0 aliphatic heterocycles. The average molecular weight is 297 g/mol. The van der Waals surface area contributed by atoms with Crippen LogP contribution in [0, 0.1) is 24.0 Å². The van der Waals surface area contributed by atoms with E-state index in [2.05, 4.69) is 10.4 Å². The molecule has 6 heteroatoms. The van der Waals surface area contributed by atoms with Gasteiger partial charge >= 0.3 is 0 Å². The monoisotopic (exact) mass is 297 g/mol. The van der Waals surface area contributed by atoms with Crippen LogP contribution < -0.4 is 0 Å². The topological polar surface area (TPSA) is 88.1 Å². The molecule has 6 nitrogen and oxygen atoms in total. The lowest BCUT2D eigenvalue weighted by atomic mass is 10.0. The lowest BCUT2D eigenvalue weighted by Crippen LogP contribution is -1.89. The molecule has 0 spiro atoms. The van der Waals surface area contributed by atoms with Crippen molar-refractivity contribution in [2.45, 2.75) is 13.8 Å². The maximum Gasteiger partial charge on any atom is 0.269 e. The fourth-order valence-electron chi connectivity index (χ4n) is 2.10. The second kappa shape index (κ2) is 6.62. The number of hydrogen-bond donors (Lipinski definition) is 1. The van der Waals surface area contributed by atoms with E-state index in [-0.39, 0.29) is 5.69 Å². The number of aryl methyl sites for hydroxylation is 2. The maximum absolute atomic E-state index is 10.7. The van der Waals surface area contributed by atoms with Gasteiger partial charge < -0.3 is 5.21 Å². The Morgan fingerprint density at radius 2 is 1.64 bits per heavy atom. The largest absolute Gasteiger partial charge is 0.394 e. The lowest BCUT2D eigenvalue weighted by Gasteiger charge is -2.03. The van der Waals surface area contributed by atoms with Gasteiger partial charge in [-0.3, -0.25) is 10.1 Å². The highest BCUT2D eigenvalue weighted by Crippen LogP contribution is 2.22. The fourth-order valence-corrected chi connectivity index (χ4v) is 2.10. The normalized spacial score (nSPS) is 11.4. The summed E-state index contributed by atoms with van der Waals surface area (Å²) >= 11 is 0. The predicted molar refractivity (Wildman–Crippen MR) is 84.2 cm³/mol. The predicted octanol–water partition coefficient (Wildman–Crippen LogP) is 4.85. The molecule has 0 unspecified atom stereocenters. The van der Waals surface area contributed by atoms with E-state index in [1.165, 1.54) is 6.07 Å². The Morgan fingerprint density at radius 1 is 1.05 bits per heavy atom. The molecular weight excluding hydrogens is 282 g/mol. The minimum atomic E-state index is -0.404. The summed E-state index contributed by atoms with van der Waals surface area (Å²) in [5.74, 6) is 0. The number of non-ortho nitro benzene ring substituents is 1. The Morgan fingerprint density at radius 3 is 2.14 bits per heavy atom. The number of hydrogen-bond acceptors (Lipinski definition) is 4. The van der Waals surface area contributed by atoms with Gasteiger partial charge in [0.15, 0.2) is 0 Å². The molecule has 0 amide bonds.